The smallest absolute Gasteiger partial charge is 0.267 e. The second-order valence-corrected chi connectivity index (χ2v) is 11.9. The van der Waals surface area contributed by atoms with E-state index in [1.807, 2.05) is 84.6 Å². The number of nitrogens with zero attached hydrogens (tertiary/aromatic N) is 2. The normalized spacial score (nSPS) is 21.3. The molecule has 1 aliphatic carbocycles. The first-order valence-electron chi connectivity index (χ1n) is 13.6. The Balaban J connectivity index is 1.45. The summed E-state index contributed by atoms with van der Waals surface area (Å²) in [4.78, 5) is 21.3. The summed E-state index contributed by atoms with van der Waals surface area (Å²) in [6.07, 6.45) is 6.28. The number of hydrogen-bond acceptors (Lipinski definition) is 5. The highest BCUT2D eigenvalue weighted by atomic mass is 35.5. The van der Waals surface area contributed by atoms with Crippen LogP contribution in [0, 0.1) is 5.92 Å². The summed E-state index contributed by atoms with van der Waals surface area (Å²) >= 11 is 14.1. The second-order valence-electron chi connectivity index (χ2n) is 10.0. The molecule has 5 rings (SSSR count). The number of carbonyl (C=O) groups is 1. The zero-order valence-electron chi connectivity index (χ0n) is 22.6. The van der Waals surface area contributed by atoms with Crippen LogP contribution in [0.3, 0.4) is 0 Å². The van der Waals surface area contributed by atoms with Crippen molar-refractivity contribution in [1.82, 2.24) is 4.90 Å². The van der Waals surface area contributed by atoms with Gasteiger partial charge in [-0.1, -0.05) is 73.3 Å². The van der Waals surface area contributed by atoms with E-state index in [-0.39, 0.29) is 11.9 Å². The Hall–Kier alpha value is -2.93. The Morgan fingerprint density at radius 2 is 1.77 bits per heavy atom. The lowest BCUT2D eigenvalue weighted by Gasteiger charge is -2.35. The number of benzene rings is 3. The molecule has 3 aromatic carbocycles. The fourth-order valence-corrected chi connectivity index (χ4v) is 6.56. The van der Waals surface area contributed by atoms with Gasteiger partial charge >= 0.3 is 0 Å². The molecule has 0 spiro atoms. The van der Waals surface area contributed by atoms with E-state index in [2.05, 4.69) is 6.92 Å². The molecule has 0 unspecified atom stereocenters. The molecular formula is C32H32Cl2N2O3S. The fourth-order valence-electron chi connectivity index (χ4n) is 5.11. The predicted octanol–water partition coefficient (Wildman–Crippen LogP) is 9.15. The Labute approximate surface area is 250 Å². The van der Waals surface area contributed by atoms with Crippen LogP contribution < -0.4 is 9.47 Å². The third-order valence-corrected chi connectivity index (χ3v) is 8.66. The molecule has 0 N–H and O–H groups in total. The van der Waals surface area contributed by atoms with Crippen molar-refractivity contribution in [3.05, 3.63) is 92.8 Å². The Morgan fingerprint density at radius 1 is 1.02 bits per heavy atom. The number of hydrogen-bond donors (Lipinski definition) is 0. The standard InChI is InChI=1S/C32H32Cl2N2O3S/c1-3-38-28-18-23(17-26(34)30(28)39-20-22-13-15-24(33)16-14-22)19-29-31(37)36(27-12-8-7-9-21(27)2)32(40-29)35-25-10-5-4-6-11-25/h4-6,10-11,13-19,21,27H,3,7-9,12,20H2,1-2H3/b29-19-,35-32?/t21-,27-/m1/s1. The van der Waals surface area contributed by atoms with Gasteiger partial charge in [0.2, 0.25) is 0 Å². The van der Waals surface area contributed by atoms with Crippen LogP contribution in [0.25, 0.3) is 6.08 Å². The Morgan fingerprint density at radius 3 is 2.50 bits per heavy atom. The van der Waals surface area contributed by atoms with Crippen molar-refractivity contribution in [2.45, 2.75) is 52.2 Å². The summed E-state index contributed by atoms with van der Waals surface area (Å²) in [5.74, 6) is 1.39. The maximum atomic E-state index is 13.9. The number of ether oxygens (including phenoxy) is 2. The van der Waals surface area contributed by atoms with E-state index in [4.69, 9.17) is 37.7 Å². The van der Waals surface area contributed by atoms with Crippen LogP contribution in [0.2, 0.25) is 10.0 Å². The Kier molecular flexibility index (Phi) is 9.40. The lowest BCUT2D eigenvalue weighted by molar-refractivity contribution is -0.124. The third-order valence-electron chi connectivity index (χ3n) is 7.14. The first-order valence-corrected chi connectivity index (χ1v) is 15.2. The molecule has 1 saturated heterocycles. The molecule has 0 radical (unpaired) electrons. The van der Waals surface area contributed by atoms with Crippen LogP contribution in [0.5, 0.6) is 11.5 Å². The van der Waals surface area contributed by atoms with E-state index in [1.165, 1.54) is 18.2 Å². The van der Waals surface area contributed by atoms with Gasteiger partial charge in [-0.15, -0.1) is 0 Å². The number of amides is 1. The molecule has 1 saturated carbocycles. The van der Waals surface area contributed by atoms with Gasteiger partial charge in [0.05, 0.1) is 22.2 Å². The average molecular weight is 596 g/mol. The topological polar surface area (TPSA) is 51.1 Å². The maximum absolute atomic E-state index is 13.9. The zero-order valence-corrected chi connectivity index (χ0v) is 24.9. The summed E-state index contributed by atoms with van der Waals surface area (Å²) in [7, 11) is 0. The fraction of sp³-hybridized carbons (Fsp3) is 0.312. The molecule has 40 heavy (non-hydrogen) atoms. The number of para-hydroxylation sites is 1. The van der Waals surface area contributed by atoms with Gasteiger partial charge in [0, 0.05) is 11.1 Å². The summed E-state index contributed by atoms with van der Waals surface area (Å²) in [6, 6.07) is 21.1. The number of aliphatic imine (C=N–C) groups is 1. The lowest BCUT2D eigenvalue weighted by Crippen LogP contribution is -2.44. The average Bonchev–Trinajstić information content (AvgIpc) is 3.24. The predicted molar refractivity (Wildman–Crippen MR) is 166 cm³/mol. The highest BCUT2D eigenvalue weighted by molar-refractivity contribution is 8.18. The molecular weight excluding hydrogens is 563 g/mol. The summed E-state index contributed by atoms with van der Waals surface area (Å²) in [5.41, 5.74) is 2.56. The van der Waals surface area contributed by atoms with Crippen molar-refractivity contribution in [3.63, 3.8) is 0 Å². The largest absolute Gasteiger partial charge is 0.490 e. The van der Waals surface area contributed by atoms with Crippen LogP contribution in [0.4, 0.5) is 5.69 Å². The molecule has 0 bridgehead atoms. The van der Waals surface area contributed by atoms with Crippen molar-refractivity contribution < 1.29 is 14.3 Å². The minimum absolute atomic E-state index is 0.0180. The van der Waals surface area contributed by atoms with Crippen molar-refractivity contribution in [2.24, 2.45) is 10.9 Å². The highest BCUT2D eigenvalue weighted by Gasteiger charge is 2.41. The third kappa shape index (κ3) is 6.68. The van der Waals surface area contributed by atoms with E-state index in [1.54, 1.807) is 0 Å². The molecule has 1 heterocycles. The summed E-state index contributed by atoms with van der Waals surface area (Å²) < 4.78 is 12.0. The zero-order chi connectivity index (χ0) is 28.1. The van der Waals surface area contributed by atoms with Gasteiger partial charge in [0.1, 0.15) is 6.61 Å². The molecule has 3 aromatic rings. The van der Waals surface area contributed by atoms with Gasteiger partial charge in [-0.2, -0.15) is 0 Å². The van der Waals surface area contributed by atoms with Crippen molar-refractivity contribution in [3.8, 4) is 11.5 Å². The lowest BCUT2D eigenvalue weighted by atomic mass is 9.85. The second kappa shape index (κ2) is 13.2. The number of amidine groups is 1. The van der Waals surface area contributed by atoms with Crippen molar-refractivity contribution in [1.29, 1.82) is 0 Å². The van der Waals surface area contributed by atoms with Crippen LogP contribution in [-0.2, 0) is 11.4 Å². The van der Waals surface area contributed by atoms with E-state index in [9.17, 15) is 4.79 Å². The quantitative estimate of drug-likeness (QED) is 0.244. The van der Waals surface area contributed by atoms with Crippen molar-refractivity contribution >= 4 is 57.8 Å². The molecule has 1 amide bonds. The monoisotopic (exact) mass is 594 g/mol. The number of rotatable bonds is 8. The van der Waals surface area contributed by atoms with Gasteiger partial charge in [-0.25, -0.2) is 4.99 Å². The SMILES string of the molecule is CCOc1cc(/C=C2\SC(=Nc3ccccc3)N([C@@H]3CCCC[C@H]3C)C2=O)cc(Cl)c1OCc1ccc(Cl)cc1. The first kappa shape index (κ1) is 28.6. The number of halogens is 2. The van der Waals surface area contributed by atoms with Gasteiger partial charge in [-0.3, -0.25) is 9.69 Å². The summed E-state index contributed by atoms with van der Waals surface area (Å²) in [5, 5.41) is 1.81. The highest BCUT2D eigenvalue weighted by Crippen LogP contribution is 2.42. The minimum Gasteiger partial charge on any atom is -0.490 e. The van der Waals surface area contributed by atoms with Gasteiger partial charge in [0.15, 0.2) is 16.7 Å². The molecule has 1 aliphatic heterocycles. The van der Waals surface area contributed by atoms with Crippen LogP contribution in [0.15, 0.2) is 76.6 Å². The van der Waals surface area contributed by atoms with Crippen LogP contribution >= 0.6 is 35.0 Å². The molecule has 2 fully saturated rings. The van der Waals surface area contributed by atoms with E-state index >= 15 is 0 Å². The van der Waals surface area contributed by atoms with Crippen LogP contribution in [-0.4, -0.2) is 28.6 Å². The first-order chi connectivity index (χ1) is 19.4. The van der Waals surface area contributed by atoms with Crippen LogP contribution in [0.1, 0.15) is 50.7 Å². The Bertz CT molecular complexity index is 1410. The minimum atomic E-state index is -0.0180. The molecule has 0 aromatic heterocycles. The van der Waals surface area contributed by atoms with E-state index in [0.717, 1.165) is 41.2 Å². The molecule has 8 heteroatoms. The summed E-state index contributed by atoms with van der Waals surface area (Å²) in [6.45, 7) is 4.91. The molecule has 2 atom stereocenters. The number of carbonyl (C=O) groups excluding carboxylic acids is 1. The van der Waals surface area contributed by atoms with Gasteiger partial charge in [-0.05, 0) is 91.0 Å². The van der Waals surface area contributed by atoms with Gasteiger partial charge < -0.3 is 9.47 Å². The molecule has 5 nitrogen and oxygen atoms in total. The van der Waals surface area contributed by atoms with E-state index in [0.29, 0.717) is 45.6 Å². The maximum Gasteiger partial charge on any atom is 0.267 e. The van der Waals surface area contributed by atoms with E-state index < -0.39 is 0 Å². The van der Waals surface area contributed by atoms with Gasteiger partial charge in [0.25, 0.3) is 5.91 Å². The number of thioether (sulfide) groups is 1. The molecule has 208 valence electrons. The van der Waals surface area contributed by atoms with Crippen molar-refractivity contribution in [2.75, 3.05) is 6.61 Å². The molecule has 2 aliphatic rings.